The van der Waals surface area contributed by atoms with Crippen molar-refractivity contribution in [2.45, 2.75) is 24.2 Å². The lowest BCUT2D eigenvalue weighted by Crippen LogP contribution is -2.25. The highest BCUT2D eigenvalue weighted by Gasteiger charge is 2.12. The average molecular weight is 333 g/mol. The summed E-state index contributed by atoms with van der Waals surface area (Å²) in [4.78, 5) is 10.8. The highest BCUT2D eigenvalue weighted by Crippen LogP contribution is 2.09. The van der Waals surface area contributed by atoms with E-state index in [-0.39, 0.29) is 11.3 Å². The molecule has 0 aliphatic heterocycles. The molecule has 0 amide bonds. The van der Waals surface area contributed by atoms with Gasteiger partial charge in [0, 0.05) is 13.0 Å². The molecule has 0 unspecified atom stereocenters. The molecule has 0 spiro atoms. The Balaban J connectivity index is 1.85. The molecule has 23 heavy (non-hydrogen) atoms. The van der Waals surface area contributed by atoms with Gasteiger partial charge in [0.05, 0.1) is 4.90 Å². The maximum Gasteiger partial charge on any atom is 0.303 e. The van der Waals surface area contributed by atoms with E-state index in [1.807, 2.05) is 24.3 Å². The molecule has 2 aromatic rings. The number of sulfonamides is 1. The summed E-state index contributed by atoms with van der Waals surface area (Å²) in [6, 6.07) is 15.8. The number of carboxylic acids is 1. The quantitative estimate of drug-likeness (QED) is 0.776. The molecule has 2 aromatic carbocycles. The van der Waals surface area contributed by atoms with Gasteiger partial charge < -0.3 is 5.11 Å². The molecule has 0 aliphatic carbocycles. The molecule has 0 atom stereocenters. The highest BCUT2D eigenvalue weighted by molar-refractivity contribution is 7.89. The molecule has 0 fully saturated rings. The summed E-state index contributed by atoms with van der Waals surface area (Å²) in [5, 5.41) is 8.65. The van der Waals surface area contributed by atoms with Crippen LogP contribution in [-0.2, 0) is 27.7 Å². The zero-order chi connectivity index (χ0) is 16.7. The minimum Gasteiger partial charge on any atom is -0.481 e. The minimum absolute atomic E-state index is 0.107. The molecule has 122 valence electrons. The Hall–Kier alpha value is -2.18. The van der Waals surface area contributed by atoms with Crippen molar-refractivity contribution in [1.82, 2.24) is 4.72 Å². The maximum atomic E-state index is 12.1. The normalized spacial score (nSPS) is 11.3. The molecule has 0 saturated heterocycles. The SMILES string of the molecule is O=C(O)CCc1ccc(CCNS(=O)(=O)c2ccccc2)cc1. The molecular weight excluding hydrogens is 314 g/mol. The summed E-state index contributed by atoms with van der Waals surface area (Å²) >= 11 is 0. The van der Waals surface area contributed by atoms with Crippen LogP contribution in [0.3, 0.4) is 0 Å². The zero-order valence-corrected chi connectivity index (χ0v) is 13.4. The number of carboxylic acid groups (broad SMARTS) is 1. The van der Waals surface area contributed by atoms with Crippen molar-refractivity contribution in [3.8, 4) is 0 Å². The standard InChI is InChI=1S/C17H19NO4S/c19-17(20)11-10-14-6-8-15(9-7-14)12-13-18-23(21,22)16-4-2-1-3-5-16/h1-9,18H,10-13H2,(H,19,20). The number of carbonyl (C=O) groups is 1. The Kier molecular flexibility index (Phi) is 5.90. The van der Waals surface area contributed by atoms with Crippen molar-refractivity contribution in [2.75, 3.05) is 6.54 Å². The second-order valence-electron chi connectivity index (χ2n) is 5.17. The fourth-order valence-corrected chi connectivity index (χ4v) is 3.19. The summed E-state index contributed by atoms with van der Waals surface area (Å²) in [5.41, 5.74) is 1.96. The molecular formula is C17H19NO4S. The van der Waals surface area contributed by atoms with Crippen molar-refractivity contribution in [1.29, 1.82) is 0 Å². The van der Waals surface area contributed by atoms with Crippen LogP contribution in [0.25, 0.3) is 0 Å². The summed E-state index contributed by atoms with van der Waals surface area (Å²) in [6.07, 6.45) is 1.18. The van der Waals surface area contributed by atoms with E-state index in [0.717, 1.165) is 11.1 Å². The van der Waals surface area contributed by atoms with Crippen LogP contribution in [0.1, 0.15) is 17.5 Å². The van der Waals surface area contributed by atoms with Crippen molar-refractivity contribution in [3.05, 3.63) is 65.7 Å². The molecule has 6 heteroatoms. The monoisotopic (exact) mass is 333 g/mol. The van der Waals surface area contributed by atoms with Crippen LogP contribution in [0.2, 0.25) is 0 Å². The van der Waals surface area contributed by atoms with Crippen molar-refractivity contribution < 1.29 is 18.3 Å². The van der Waals surface area contributed by atoms with E-state index in [1.165, 1.54) is 0 Å². The zero-order valence-electron chi connectivity index (χ0n) is 12.6. The highest BCUT2D eigenvalue weighted by atomic mass is 32.2. The molecule has 0 heterocycles. The lowest BCUT2D eigenvalue weighted by Gasteiger charge is -2.07. The number of aryl methyl sites for hydroxylation is 1. The van der Waals surface area contributed by atoms with Crippen LogP contribution in [0.5, 0.6) is 0 Å². The molecule has 0 bridgehead atoms. The molecule has 0 aromatic heterocycles. The topological polar surface area (TPSA) is 83.5 Å². The molecule has 2 rings (SSSR count). The van der Waals surface area contributed by atoms with Gasteiger partial charge in [0.25, 0.3) is 0 Å². The average Bonchev–Trinajstić information content (AvgIpc) is 2.55. The summed E-state index contributed by atoms with van der Waals surface area (Å²) < 4.78 is 26.7. The fourth-order valence-electron chi connectivity index (χ4n) is 2.14. The van der Waals surface area contributed by atoms with Crippen LogP contribution in [0.15, 0.2) is 59.5 Å². The van der Waals surface area contributed by atoms with Gasteiger partial charge in [-0.2, -0.15) is 0 Å². The Morgan fingerprint density at radius 1 is 0.913 bits per heavy atom. The number of rotatable bonds is 8. The van der Waals surface area contributed by atoms with Crippen LogP contribution < -0.4 is 4.72 Å². The third-order valence-electron chi connectivity index (χ3n) is 3.41. The van der Waals surface area contributed by atoms with Crippen molar-refractivity contribution in [3.63, 3.8) is 0 Å². The van der Waals surface area contributed by atoms with Gasteiger partial charge in [-0.3, -0.25) is 4.79 Å². The van der Waals surface area contributed by atoms with E-state index in [2.05, 4.69) is 4.72 Å². The molecule has 5 nitrogen and oxygen atoms in total. The first kappa shape index (κ1) is 17.2. The van der Waals surface area contributed by atoms with Gasteiger partial charge in [0.2, 0.25) is 10.0 Å². The smallest absolute Gasteiger partial charge is 0.303 e. The van der Waals surface area contributed by atoms with Gasteiger partial charge >= 0.3 is 5.97 Å². The van der Waals surface area contributed by atoms with Crippen LogP contribution in [0.4, 0.5) is 0 Å². The lowest BCUT2D eigenvalue weighted by atomic mass is 10.1. The minimum atomic E-state index is -3.47. The predicted molar refractivity (Wildman–Crippen MR) is 87.7 cm³/mol. The van der Waals surface area contributed by atoms with Crippen molar-refractivity contribution >= 4 is 16.0 Å². The first-order valence-electron chi connectivity index (χ1n) is 7.32. The third-order valence-corrected chi connectivity index (χ3v) is 4.89. The van der Waals surface area contributed by atoms with E-state index in [9.17, 15) is 13.2 Å². The third kappa shape index (κ3) is 5.50. The second-order valence-corrected chi connectivity index (χ2v) is 6.94. The molecule has 0 aliphatic rings. The Morgan fingerprint density at radius 3 is 2.04 bits per heavy atom. The van der Waals surface area contributed by atoms with E-state index in [4.69, 9.17) is 5.11 Å². The molecule has 0 radical (unpaired) electrons. The molecule has 2 N–H and O–H groups in total. The number of hydrogen-bond acceptors (Lipinski definition) is 3. The van der Waals surface area contributed by atoms with Gasteiger partial charge in [-0.15, -0.1) is 0 Å². The van der Waals surface area contributed by atoms with Crippen LogP contribution >= 0.6 is 0 Å². The first-order chi connectivity index (χ1) is 11.0. The largest absolute Gasteiger partial charge is 0.481 e. The lowest BCUT2D eigenvalue weighted by molar-refractivity contribution is -0.136. The van der Waals surface area contributed by atoms with E-state index in [0.29, 0.717) is 19.4 Å². The second kappa shape index (κ2) is 7.89. The number of hydrogen-bond donors (Lipinski definition) is 2. The molecule has 0 saturated carbocycles. The van der Waals surface area contributed by atoms with Crippen molar-refractivity contribution in [2.24, 2.45) is 0 Å². The number of nitrogens with one attached hydrogen (secondary N) is 1. The Bertz CT molecular complexity index is 740. The summed E-state index contributed by atoms with van der Waals surface area (Å²) in [5.74, 6) is -0.815. The summed E-state index contributed by atoms with van der Waals surface area (Å²) in [7, 11) is -3.47. The van der Waals surface area contributed by atoms with Gasteiger partial charge in [-0.05, 0) is 36.1 Å². The number of aliphatic carboxylic acids is 1. The first-order valence-corrected chi connectivity index (χ1v) is 8.80. The van der Waals surface area contributed by atoms with E-state index >= 15 is 0 Å². The number of benzene rings is 2. The van der Waals surface area contributed by atoms with E-state index in [1.54, 1.807) is 30.3 Å². The maximum absolute atomic E-state index is 12.1. The Labute approximate surface area is 136 Å². The van der Waals surface area contributed by atoms with Gasteiger partial charge in [0.15, 0.2) is 0 Å². The van der Waals surface area contributed by atoms with Gasteiger partial charge in [-0.1, -0.05) is 42.5 Å². The fraction of sp³-hybridized carbons (Fsp3) is 0.235. The van der Waals surface area contributed by atoms with Crippen LogP contribution in [-0.4, -0.2) is 26.0 Å². The Morgan fingerprint density at radius 2 is 1.48 bits per heavy atom. The summed E-state index contributed by atoms with van der Waals surface area (Å²) in [6.45, 7) is 0.311. The van der Waals surface area contributed by atoms with Crippen LogP contribution in [0, 0.1) is 0 Å². The van der Waals surface area contributed by atoms with E-state index < -0.39 is 16.0 Å². The van der Waals surface area contributed by atoms with Gasteiger partial charge in [-0.25, -0.2) is 13.1 Å². The van der Waals surface area contributed by atoms with Gasteiger partial charge in [0.1, 0.15) is 0 Å². The predicted octanol–water partition coefficient (Wildman–Crippen LogP) is 2.22.